The molecule has 0 saturated carbocycles. The summed E-state index contributed by atoms with van der Waals surface area (Å²) in [6.07, 6.45) is 1.03. The second-order valence-corrected chi connectivity index (χ2v) is 7.71. The second kappa shape index (κ2) is 6.87. The Labute approximate surface area is 160 Å². The summed E-state index contributed by atoms with van der Waals surface area (Å²) in [5, 5.41) is 10.1. The number of hydroxylamine groups is 1. The maximum Gasteiger partial charge on any atom is 0.274 e. The lowest BCUT2D eigenvalue weighted by molar-refractivity contribution is 0.0706. The third-order valence-corrected chi connectivity index (χ3v) is 5.56. The number of amides is 1. The molecule has 0 radical (unpaired) electrons. The maximum atomic E-state index is 11.5. The van der Waals surface area contributed by atoms with Crippen molar-refractivity contribution in [1.29, 1.82) is 0 Å². The Kier molecular flexibility index (Phi) is 4.56. The van der Waals surface area contributed by atoms with E-state index in [1.165, 1.54) is 22.2 Å². The van der Waals surface area contributed by atoms with E-state index in [9.17, 15) is 4.79 Å². The van der Waals surface area contributed by atoms with Gasteiger partial charge in [0.25, 0.3) is 5.91 Å². The topological polar surface area (TPSA) is 57.5 Å². The molecule has 2 heterocycles. The lowest BCUT2D eigenvalue weighted by Gasteiger charge is -2.24. The monoisotopic (exact) mass is 413 g/mol. The first-order valence-electron chi connectivity index (χ1n) is 8.58. The highest BCUT2D eigenvalue weighted by Crippen LogP contribution is 2.33. The van der Waals surface area contributed by atoms with E-state index in [2.05, 4.69) is 50.6 Å². The van der Waals surface area contributed by atoms with Crippen LogP contribution in [-0.4, -0.2) is 34.2 Å². The van der Waals surface area contributed by atoms with E-state index in [0.717, 1.165) is 36.1 Å². The number of carbonyl (C=O) groups is 1. The first-order valence-corrected chi connectivity index (χ1v) is 9.37. The van der Waals surface area contributed by atoms with E-state index < -0.39 is 5.91 Å². The van der Waals surface area contributed by atoms with Gasteiger partial charge in [0.2, 0.25) is 0 Å². The van der Waals surface area contributed by atoms with Gasteiger partial charge in [0.05, 0.1) is 0 Å². The molecule has 1 amide bonds. The summed E-state index contributed by atoms with van der Waals surface area (Å²) in [6, 6.07) is 13.8. The first kappa shape index (κ1) is 17.3. The number of nitrogens with one attached hydrogen (secondary N) is 1. The van der Waals surface area contributed by atoms with Crippen LogP contribution in [0.25, 0.3) is 10.9 Å². The average Bonchev–Trinajstić information content (AvgIpc) is 2.94. The predicted molar refractivity (Wildman–Crippen MR) is 104 cm³/mol. The fraction of sp³-hybridized carbons (Fsp3) is 0.250. The molecule has 0 spiro atoms. The SMILES string of the molecule is CN1CCc2c(c3cc(Br)ccc3n2Cc2ccc(C(=O)NO)cc2)C1. The van der Waals surface area contributed by atoms with Gasteiger partial charge in [-0.1, -0.05) is 28.1 Å². The highest BCUT2D eigenvalue weighted by Gasteiger charge is 2.22. The molecule has 0 aliphatic carbocycles. The van der Waals surface area contributed by atoms with Crippen LogP contribution in [-0.2, 0) is 19.5 Å². The lowest BCUT2D eigenvalue weighted by Crippen LogP contribution is -2.27. The molecule has 26 heavy (non-hydrogen) atoms. The smallest absolute Gasteiger partial charge is 0.274 e. The number of benzene rings is 2. The Bertz CT molecular complexity index is 979. The molecule has 5 nitrogen and oxygen atoms in total. The zero-order valence-electron chi connectivity index (χ0n) is 14.5. The third-order valence-electron chi connectivity index (χ3n) is 5.07. The molecule has 6 heteroatoms. The molecule has 0 atom stereocenters. The van der Waals surface area contributed by atoms with Crippen LogP contribution >= 0.6 is 15.9 Å². The van der Waals surface area contributed by atoms with Crippen molar-refractivity contribution < 1.29 is 10.0 Å². The number of hydrogen-bond donors (Lipinski definition) is 2. The average molecular weight is 414 g/mol. The van der Waals surface area contributed by atoms with E-state index in [0.29, 0.717) is 5.56 Å². The van der Waals surface area contributed by atoms with Crippen LogP contribution in [0.4, 0.5) is 0 Å². The molecular formula is C20H20BrN3O2. The number of likely N-dealkylation sites (N-methyl/N-ethyl adjacent to an activating group) is 1. The molecule has 1 aromatic heterocycles. The second-order valence-electron chi connectivity index (χ2n) is 6.80. The van der Waals surface area contributed by atoms with Crippen LogP contribution < -0.4 is 5.48 Å². The van der Waals surface area contributed by atoms with Gasteiger partial charge in [0.15, 0.2) is 0 Å². The molecule has 1 aliphatic rings. The fourth-order valence-corrected chi connectivity index (χ4v) is 4.11. The van der Waals surface area contributed by atoms with Crippen molar-refractivity contribution in [3.8, 4) is 0 Å². The van der Waals surface area contributed by atoms with Crippen molar-refractivity contribution in [2.24, 2.45) is 0 Å². The van der Waals surface area contributed by atoms with Crippen LogP contribution in [0.3, 0.4) is 0 Å². The van der Waals surface area contributed by atoms with Crippen molar-refractivity contribution in [1.82, 2.24) is 14.9 Å². The molecule has 3 aromatic rings. The van der Waals surface area contributed by atoms with Gasteiger partial charge >= 0.3 is 0 Å². The van der Waals surface area contributed by atoms with E-state index >= 15 is 0 Å². The Morgan fingerprint density at radius 3 is 2.73 bits per heavy atom. The van der Waals surface area contributed by atoms with Gasteiger partial charge in [-0.15, -0.1) is 0 Å². The van der Waals surface area contributed by atoms with Crippen LogP contribution in [0.2, 0.25) is 0 Å². The van der Waals surface area contributed by atoms with Gasteiger partial charge < -0.3 is 9.47 Å². The Balaban J connectivity index is 1.76. The minimum absolute atomic E-state index is 0.446. The van der Waals surface area contributed by atoms with Gasteiger partial charge in [-0.2, -0.15) is 0 Å². The van der Waals surface area contributed by atoms with Gasteiger partial charge in [-0.3, -0.25) is 10.0 Å². The number of hydrogen-bond acceptors (Lipinski definition) is 3. The number of fused-ring (bicyclic) bond motifs is 3. The van der Waals surface area contributed by atoms with Crippen molar-refractivity contribution in [3.63, 3.8) is 0 Å². The Hall–Kier alpha value is -2.15. The van der Waals surface area contributed by atoms with Crippen LogP contribution in [0.1, 0.15) is 27.2 Å². The normalized spacial score (nSPS) is 14.4. The van der Waals surface area contributed by atoms with E-state index in [4.69, 9.17) is 5.21 Å². The Morgan fingerprint density at radius 1 is 1.23 bits per heavy atom. The standard InChI is InChI=1S/C20H20BrN3O2/c1-23-9-8-19-17(12-23)16-10-15(21)6-7-18(16)24(19)11-13-2-4-14(5-3-13)20(25)22-26/h2-7,10,26H,8-9,11-12H2,1H3,(H,22,25). The third kappa shape index (κ3) is 3.05. The number of halogens is 1. The minimum Gasteiger partial charge on any atom is -0.340 e. The van der Waals surface area contributed by atoms with E-state index in [-0.39, 0.29) is 0 Å². The van der Waals surface area contributed by atoms with Crippen molar-refractivity contribution in [2.75, 3.05) is 13.6 Å². The molecule has 1 aliphatic heterocycles. The van der Waals surface area contributed by atoms with Crippen LogP contribution in [0.5, 0.6) is 0 Å². The molecule has 134 valence electrons. The highest BCUT2D eigenvalue weighted by molar-refractivity contribution is 9.10. The van der Waals surface area contributed by atoms with Crippen LogP contribution in [0, 0.1) is 0 Å². The number of rotatable bonds is 3. The number of aromatic nitrogens is 1. The van der Waals surface area contributed by atoms with E-state index in [1.807, 2.05) is 12.1 Å². The molecule has 0 fully saturated rings. The molecule has 2 N–H and O–H groups in total. The zero-order chi connectivity index (χ0) is 18.3. The fourth-order valence-electron chi connectivity index (χ4n) is 3.75. The highest BCUT2D eigenvalue weighted by atomic mass is 79.9. The maximum absolute atomic E-state index is 11.5. The van der Waals surface area contributed by atoms with Gasteiger partial charge in [-0.05, 0) is 48.5 Å². The van der Waals surface area contributed by atoms with Crippen LogP contribution in [0.15, 0.2) is 46.9 Å². The summed E-state index contributed by atoms with van der Waals surface area (Å²) < 4.78 is 3.49. The minimum atomic E-state index is -0.492. The molecular weight excluding hydrogens is 394 g/mol. The zero-order valence-corrected chi connectivity index (χ0v) is 16.1. The summed E-state index contributed by atoms with van der Waals surface area (Å²) in [5.41, 5.74) is 7.29. The molecule has 0 unspecified atom stereocenters. The first-order chi connectivity index (χ1) is 12.6. The molecule has 2 aromatic carbocycles. The summed E-state index contributed by atoms with van der Waals surface area (Å²) >= 11 is 3.60. The number of carbonyl (C=O) groups excluding carboxylic acids is 1. The molecule has 0 bridgehead atoms. The molecule has 4 rings (SSSR count). The number of nitrogens with zero attached hydrogens (tertiary/aromatic N) is 2. The summed E-state index contributed by atoms with van der Waals surface area (Å²) in [4.78, 5) is 13.9. The lowest BCUT2D eigenvalue weighted by atomic mass is 10.1. The predicted octanol–water partition coefficient (Wildman–Crippen LogP) is 3.56. The largest absolute Gasteiger partial charge is 0.340 e. The summed E-state index contributed by atoms with van der Waals surface area (Å²) in [7, 11) is 2.16. The summed E-state index contributed by atoms with van der Waals surface area (Å²) in [5.74, 6) is -0.492. The van der Waals surface area contributed by atoms with Gasteiger partial charge in [-0.25, -0.2) is 5.48 Å². The summed E-state index contributed by atoms with van der Waals surface area (Å²) in [6.45, 7) is 2.78. The van der Waals surface area contributed by atoms with Crippen molar-refractivity contribution >= 4 is 32.7 Å². The van der Waals surface area contributed by atoms with E-state index in [1.54, 1.807) is 17.6 Å². The Morgan fingerprint density at radius 2 is 2.00 bits per heavy atom. The van der Waals surface area contributed by atoms with Crippen molar-refractivity contribution in [3.05, 3.63) is 69.3 Å². The van der Waals surface area contributed by atoms with Gasteiger partial charge in [0.1, 0.15) is 0 Å². The quantitative estimate of drug-likeness (QED) is 0.509. The van der Waals surface area contributed by atoms with Crippen molar-refractivity contribution in [2.45, 2.75) is 19.5 Å². The van der Waals surface area contributed by atoms with Gasteiger partial charge in [0, 0.05) is 52.7 Å². The molecule has 0 saturated heterocycles.